The Morgan fingerprint density at radius 2 is 1.71 bits per heavy atom. The number of fused-ring (bicyclic) bond motifs is 1. The Hall–Kier alpha value is -2.29. The Labute approximate surface area is 180 Å². The van der Waals surface area contributed by atoms with Crippen LogP contribution in [0.25, 0.3) is 22.2 Å². The van der Waals surface area contributed by atoms with Gasteiger partial charge in [-0.2, -0.15) is 0 Å². The number of hydrogen-bond acceptors (Lipinski definition) is 3. The predicted octanol–water partition coefficient (Wildman–Crippen LogP) is 5.97. The molecule has 0 saturated carbocycles. The molecule has 0 aliphatic heterocycles. The molecule has 2 aromatic carbocycles. The van der Waals surface area contributed by atoms with Crippen molar-refractivity contribution >= 4 is 16.7 Å². The molecule has 3 aromatic rings. The third-order valence-corrected chi connectivity index (χ3v) is 4.34. The van der Waals surface area contributed by atoms with Crippen LogP contribution in [0.2, 0.25) is 0 Å². The van der Waals surface area contributed by atoms with Gasteiger partial charge in [0.1, 0.15) is 0 Å². The Kier molecular flexibility index (Phi) is 8.74. The Morgan fingerprint density at radius 1 is 1.04 bits per heavy atom. The van der Waals surface area contributed by atoms with Crippen molar-refractivity contribution in [3.8, 4) is 11.3 Å². The summed E-state index contributed by atoms with van der Waals surface area (Å²) >= 11 is 0. The number of benzene rings is 2. The minimum Gasteiger partial charge on any atom is -0.512 e. The molecule has 28 heavy (non-hydrogen) atoms. The van der Waals surface area contributed by atoms with E-state index in [0.717, 1.165) is 16.8 Å². The molecule has 0 bridgehead atoms. The summed E-state index contributed by atoms with van der Waals surface area (Å²) in [5.41, 5.74) is 8.22. The maximum Gasteiger partial charge on any atom is 0.155 e. The molecule has 4 heteroatoms. The number of aliphatic hydroxyl groups is 1. The number of carbonyl (C=O) groups is 1. The second-order valence-corrected chi connectivity index (χ2v) is 6.91. The second-order valence-electron chi connectivity index (χ2n) is 6.91. The van der Waals surface area contributed by atoms with E-state index >= 15 is 0 Å². The van der Waals surface area contributed by atoms with Crippen molar-refractivity contribution in [1.29, 1.82) is 0 Å². The zero-order chi connectivity index (χ0) is 20.1. The molecule has 0 aliphatic rings. The van der Waals surface area contributed by atoms with Gasteiger partial charge in [0.05, 0.1) is 11.3 Å². The number of ketones is 1. The van der Waals surface area contributed by atoms with Crippen LogP contribution < -0.4 is 0 Å². The van der Waals surface area contributed by atoms with E-state index in [1.54, 1.807) is 0 Å². The van der Waals surface area contributed by atoms with Gasteiger partial charge in [0.15, 0.2) is 5.78 Å². The topological polar surface area (TPSA) is 50.2 Å². The van der Waals surface area contributed by atoms with Crippen LogP contribution >= 0.6 is 0 Å². The third kappa shape index (κ3) is 6.12. The number of hydrogen-bond donors (Lipinski definition) is 1. The van der Waals surface area contributed by atoms with Crippen molar-refractivity contribution in [1.82, 2.24) is 4.98 Å². The average Bonchev–Trinajstić information content (AvgIpc) is 2.56. The first-order chi connectivity index (χ1) is 12.7. The van der Waals surface area contributed by atoms with E-state index in [1.165, 1.54) is 47.6 Å². The molecule has 0 atom stereocenters. The van der Waals surface area contributed by atoms with Gasteiger partial charge in [-0.1, -0.05) is 37.1 Å². The molecule has 1 N–H and O–H groups in total. The molecule has 0 saturated heterocycles. The summed E-state index contributed by atoms with van der Waals surface area (Å²) in [6.45, 7) is 11.4. The van der Waals surface area contributed by atoms with E-state index in [0.29, 0.717) is 0 Å². The SMILES string of the molecule is CC(=O)/C=C(/C)O.Cc1ccc2nc(-c3[c-]ccc(C)c3C)c(C)cc2c1.[Ir]. The van der Waals surface area contributed by atoms with Crippen LogP contribution in [0.3, 0.4) is 0 Å². The summed E-state index contributed by atoms with van der Waals surface area (Å²) in [4.78, 5) is 14.9. The molecule has 1 aromatic heterocycles. The monoisotopic (exact) mass is 553 g/mol. The summed E-state index contributed by atoms with van der Waals surface area (Å²) in [5.74, 6) is -0.0625. The maximum atomic E-state index is 10.0. The van der Waals surface area contributed by atoms with E-state index < -0.39 is 0 Å². The number of pyridine rings is 1. The van der Waals surface area contributed by atoms with E-state index in [9.17, 15) is 4.79 Å². The molecule has 0 spiro atoms. The van der Waals surface area contributed by atoms with Gasteiger partial charge < -0.3 is 5.11 Å². The van der Waals surface area contributed by atoms with Crippen molar-refractivity contribution < 1.29 is 30.0 Å². The van der Waals surface area contributed by atoms with Crippen LogP contribution in [-0.4, -0.2) is 15.9 Å². The van der Waals surface area contributed by atoms with Gasteiger partial charge in [0.25, 0.3) is 0 Å². The van der Waals surface area contributed by atoms with E-state index in [1.807, 2.05) is 6.07 Å². The number of aryl methyl sites for hydroxylation is 3. The third-order valence-electron chi connectivity index (χ3n) is 4.34. The fourth-order valence-corrected chi connectivity index (χ4v) is 2.88. The van der Waals surface area contributed by atoms with Crippen molar-refractivity contribution in [3.05, 3.63) is 76.6 Å². The van der Waals surface area contributed by atoms with Crippen molar-refractivity contribution in [2.75, 3.05) is 0 Å². The number of allylic oxidation sites excluding steroid dienone is 2. The van der Waals surface area contributed by atoms with Crippen LogP contribution in [0, 0.1) is 33.8 Å². The molecule has 1 radical (unpaired) electrons. The van der Waals surface area contributed by atoms with Crippen LogP contribution in [0.4, 0.5) is 0 Å². The number of aliphatic hydroxyl groups excluding tert-OH is 1. The first-order valence-electron chi connectivity index (χ1n) is 8.93. The Balaban J connectivity index is 0.000000425. The van der Waals surface area contributed by atoms with Crippen LogP contribution in [0.15, 0.2) is 48.2 Å². The molecule has 0 fully saturated rings. The molecule has 0 aliphatic carbocycles. The number of aromatic nitrogens is 1. The minimum atomic E-state index is -0.125. The zero-order valence-electron chi connectivity index (χ0n) is 17.2. The molecular formula is C24H26IrNO2-. The van der Waals surface area contributed by atoms with Crippen molar-refractivity contribution in [3.63, 3.8) is 0 Å². The maximum absolute atomic E-state index is 10.0. The second kappa shape index (κ2) is 10.3. The van der Waals surface area contributed by atoms with Crippen molar-refractivity contribution in [2.45, 2.75) is 41.5 Å². The van der Waals surface area contributed by atoms with Crippen LogP contribution in [0.5, 0.6) is 0 Å². The molecule has 149 valence electrons. The van der Waals surface area contributed by atoms with Crippen LogP contribution in [-0.2, 0) is 24.9 Å². The van der Waals surface area contributed by atoms with Gasteiger partial charge in [0, 0.05) is 26.2 Å². The van der Waals surface area contributed by atoms with Gasteiger partial charge in [-0.15, -0.1) is 34.9 Å². The summed E-state index contributed by atoms with van der Waals surface area (Å²) in [6, 6.07) is 16.0. The molecule has 3 nitrogen and oxygen atoms in total. The molecule has 3 rings (SSSR count). The average molecular weight is 553 g/mol. The van der Waals surface area contributed by atoms with Gasteiger partial charge in [-0.05, 0) is 50.9 Å². The van der Waals surface area contributed by atoms with Crippen molar-refractivity contribution in [2.24, 2.45) is 0 Å². The summed E-state index contributed by atoms with van der Waals surface area (Å²) in [6.07, 6.45) is 1.17. The first kappa shape index (κ1) is 23.7. The minimum absolute atomic E-state index is 0. The van der Waals surface area contributed by atoms with E-state index in [-0.39, 0.29) is 31.6 Å². The quantitative estimate of drug-likeness (QED) is 0.242. The fourth-order valence-electron chi connectivity index (χ4n) is 2.88. The molecular weight excluding hydrogens is 526 g/mol. The Morgan fingerprint density at radius 3 is 2.29 bits per heavy atom. The van der Waals surface area contributed by atoms with E-state index in [2.05, 4.69) is 64.1 Å². The van der Waals surface area contributed by atoms with Gasteiger partial charge in [-0.3, -0.25) is 9.78 Å². The zero-order valence-corrected chi connectivity index (χ0v) is 19.6. The number of rotatable bonds is 2. The van der Waals surface area contributed by atoms with Gasteiger partial charge >= 0.3 is 0 Å². The van der Waals surface area contributed by atoms with E-state index in [4.69, 9.17) is 10.1 Å². The Bertz CT molecular complexity index is 1020. The largest absolute Gasteiger partial charge is 0.512 e. The fraction of sp³-hybridized carbons (Fsp3) is 0.250. The molecule has 0 unspecified atom stereocenters. The standard InChI is InChI=1S/C19H18N.C5H8O2.Ir/c1-12-8-9-18-16(10-12)11-14(3)19(20-18)17-7-5-6-13(2)15(17)4;1-4(6)3-5(2)7;/h5-6,8-11H,1-4H3;3,6H,1-2H3;/q-1;;/b;4-3-;. The number of carbonyl (C=O) groups excluding carboxylic acids is 1. The summed E-state index contributed by atoms with van der Waals surface area (Å²) in [7, 11) is 0. The van der Waals surface area contributed by atoms with Gasteiger partial charge in [0.2, 0.25) is 0 Å². The molecule has 0 amide bonds. The smallest absolute Gasteiger partial charge is 0.155 e. The number of nitrogens with zero attached hydrogens (tertiary/aromatic N) is 1. The molecule has 1 heterocycles. The first-order valence-corrected chi connectivity index (χ1v) is 8.93. The summed E-state index contributed by atoms with van der Waals surface area (Å²) in [5, 5.41) is 9.57. The van der Waals surface area contributed by atoms with Gasteiger partial charge in [-0.25, -0.2) is 0 Å². The predicted molar refractivity (Wildman–Crippen MR) is 112 cm³/mol. The van der Waals surface area contributed by atoms with Crippen LogP contribution in [0.1, 0.15) is 36.1 Å². The summed E-state index contributed by atoms with van der Waals surface area (Å²) < 4.78 is 0. The normalized spacial score (nSPS) is 10.7.